The highest BCUT2D eigenvalue weighted by atomic mass is 31.0. The molecule has 0 saturated carbocycles. The molecule has 104 valence electrons. The molecule has 5 heteroatoms. The Labute approximate surface area is 110 Å². The smallest absolute Gasteiger partial charge is 0.374 e. The van der Waals surface area contributed by atoms with Gasteiger partial charge in [-0.05, 0) is 39.8 Å². The summed E-state index contributed by atoms with van der Waals surface area (Å²) < 4.78 is 18.1. The Morgan fingerprint density at radius 2 is 1.47 bits per heavy atom. The van der Waals surface area contributed by atoms with E-state index in [-0.39, 0.29) is 5.60 Å². The van der Waals surface area contributed by atoms with Crippen molar-refractivity contribution in [2.24, 2.45) is 0 Å². The maximum Gasteiger partial charge on any atom is 0.501 e. The molecule has 0 fully saturated rings. The molecule has 0 spiro atoms. The minimum atomic E-state index is -2.49. The summed E-state index contributed by atoms with van der Waals surface area (Å²) >= 11 is 0. The van der Waals surface area contributed by atoms with E-state index in [2.05, 4.69) is 30.0 Å². The van der Waals surface area contributed by atoms with Crippen LogP contribution in [0.2, 0.25) is 6.04 Å². The molecular weight excluding hydrogens is 251 g/mol. The second-order valence-electron chi connectivity index (χ2n) is 4.35. The van der Waals surface area contributed by atoms with E-state index in [1.807, 2.05) is 13.8 Å². The van der Waals surface area contributed by atoms with Gasteiger partial charge in [-0.2, -0.15) is 0 Å². The highest BCUT2D eigenvalue weighted by Crippen LogP contribution is 2.28. The van der Waals surface area contributed by atoms with Crippen LogP contribution >= 0.6 is 9.24 Å². The second kappa shape index (κ2) is 8.60. The Morgan fingerprint density at radius 3 is 1.76 bits per heavy atom. The molecule has 0 aromatic heterocycles. The maximum atomic E-state index is 6.33. The van der Waals surface area contributed by atoms with Gasteiger partial charge in [0.25, 0.3) is 0 Å². The first-order chi connectivity index (χ1) is 8.01. The molecule has 17 heavy (non-hydrogen) atoms. The van der Waals surface area contributed by atoms with Crippen LogP contribution in [0.4, 0.5) is 0 Å². The molecule has 3 nitrogen and oxygen atoms in total. The first-order valence-corrected chi connectivity index (χ1v) is 9.44. The standard InChI is InChI=1S/C12H29O3PSi/c1-6-12(5,7-2)15-17(11-10-16,13-8-3)14-9-4/h6-11,16H2,1-5H3. The van der Waals surface area contributed by atoms with Gasteiger partial charge in [0.2, 0.25) is 0 Å². The van der Waals surface area contributed by atoms with Gasteiger partial charge in [0.05, 0.1) is 5.60 Å². The first-order valence-electron chi connectivity index (χ1n) is 6.69. The lowest BCUT2D eigenvalue weighted by atomic mass is 10.0. The number of hydrogen-bond donors (Lipinski definition) is 0. The average Bonchev–Trinajstić information content (AvgIpc) is 2.30. The Morgan fingerprint density at radius 1 is 1.00 bits per heavy atom. The van der Waals surface area contributed by atoms with Gasteiger partial charge in [0.15, 0.2) is 0 Å². The third-order valence-corrected chi connectivity index (χ3v) is 7.10. The highest BCUT2D eigenvalue weighted by Gasteiger charge is 2.44. The first kappa shape index (κ1) is 17.5. The van der Waals surface area contributed by atoms with Gasteiger partial charge < -0.3 is 13.3 Å². The molecular formula is C12H29O3PSi. The molecule has 0 aliphatic carbocycles. The summed E-state index contributed by atoms with van der Waals surface area (Å²) in [5.74, 6) is 0. The van der Waals surface area contributed by atoms with Crippen molar-refractivity contribution in [3.8, 4) is 0 Å². The molecule has 0 bridgehead atoms. The molecule has 0 aromatic rings. The lowest BCUT2D eigenvalue weighted by Gasteiger charge is -2.38. The second-order valence-corrected chi connectivity index (χ2v) is 7.57. The summed E-state index contributed by atoms with van der Waals surface area (Å²) in [6.07, 6.45) is 2.92. The van der Waals surface area contributed by atoms with E-state index in [1.54, 1.807) is 0 Å². The van der Waals surface area contributed by atoms with Crippen LogP contribution in [0.3, 0.4) is 0 Å². The topological polar surface area (TPSA) is 27.7 Å². The summed E-state index contributed by atoms with van der Waals surface area (Å²) in [5.41, 5.74) is -0.129. The molecule has 0 aromatic carbocycles. The molecule has 1 unspecified atom stereocenters. The van der Waals surface area contributed by atoms with Crippen LogP contribution in [0, 0.1) is 0 Å². The van der Waals surface area contributed by atoms with Crippen LogP contribution in [0.5, 0.6) is 0 Å². The van der Waals surface area contributed by atoms with Gasteiger partial charge in [-0.1, -0.05) is 13.8 Å². The molecule has 0 rings (SSSR count). The van der Waals surface area contributed by atoms with Crippen LogP contribution in [0.15, 0.2) is 0 Å². The Hall–Kier alpha value is 0.527. The van der Waals surface area contributed by atoms with Crippen molar-refractivity contribution in [1.29, 1.82) is 0 Å². The normalized spacial score (nSPS) is 13.1. The van der Waals surface area contributed by atoms with E-state index in [0.29, 0.717) is 13.2 Å². The molecule has 0 heterocycles. The zero-order valence-electron chi connectivity index (χ0n) is 12.0. The van der Waals surface area contributed by atoms with Crippen molar-refractivity contribution in [3.63, 3.8) is 0 Å². The molecule has 0 aliphatic rings. The lowest BCUT2D eigenvalue weighted by Crippen LogP contribution is -2.52. The zero-order valence-corrected chi connectivity index (χ0v) is 14.2. The largest absolute Gasteiger partial charge is 0.501 e. The summed E-state index contributed by atoms with van der Waals surface area (Å²) in [4.78, 5) is 0. The zero-order chi connectivity index (χ0) is 13.4. The minimum Gasteiger partial charge on any atom is -0.374 e. The van der Waals surface area contributed by atoms with E-state index in [9.17, 15) is 0 Å². The fourth-order valence-electron chi connectivity index (χ4n) is 1.68. The van der Waals surface area contributed by atoms with Gasteiger partial charge >= 0.3 is 8.80 Å². The van der Waals surface area contributed by atoms with Gasteiger partial charge in [-0.3, -0.25) is 0 Å². The van der Waals surface area contributed by atoms with Crippen molar-refractivity contribution >= 4 is 18.0 Å². The van der Waals surface area contributed by atoms with E-state index in [1.165, 1.54) is 0 Å². The summed E-state index contributed by atoms with van der Waals surface area (Å²) in [6, 6.07) is 0.870. The van der Waals surface area contributed by atoms with E-state index in [0.717, 1.165) is 25.0 Å². The molecule has 0 aliphatic heterocycles. The van der Waals surface area contributed by atoms with Crippen LogP contribution in [0.25, 0.3) is 0 Å². The predicted molar refractivity (Wildman–Crippen MR) is 78.5 cm³/mol. The minimum absolute atomic E-state index is 0.129. The quantitative estimate of drug-likeness (QED) is 0.453. The highest BCUT2D eigenvalue weighted by molar-refractivity contribution is 7.16. The molecule has 0 N–H and O–H groups in total. The summed E-state index contributed by atoms with van der Waals surface area (Å²) in [7, 11) is 0.244. The van der Waals surface area contributed by atoms with E-state index >= 15 is 0 Å². The van der Waals surface area contributed by atoms with Gasteiger partial charge in [0.1, 0.15) is 0 Å². The van der Waals surface area contributed by atoms with Gasteiger partial charge in [-0.15, -0.1) is 9.24 Å². The van der Waals surface area contributed by atoms with Crippen molar-refractivity contribution in [2.75, 3.05) is 19.4 Å². The van der Waals surface area contributed by atoms with Crippen molar-refractivity contribution in [1.82, 2.24) is 0 Å². The summed E-state index contributed by atoms with van der Waals surface area (Å²) in [5, 5.41) is 0. The average molecular weight is 280 g/mol. The fraction of sp³-hybridized carbons (Fsp3) is 1.00. The third-order valence-electron chi connectivity index (χ3n) is 3.08. The number of rotatable bonds is 10. The Bertz CT molecular complexity index is 181. The fourth-order valence-corrected chi connectivity index (χ4v) is 5.61. The van der Waals surface area contributed by atoms with Crippen LogP contribution in [0.1, 0.15) is 47.5 Å². The monoisotopic (exact) mass is 280 g/mol. The van der Waals surface area contributed by atoms with Crippen LogP contribution < -0.4 is 0 Å². The van der Waals surface area contributed by atoms with Crippen LogP contribution in [-0.2, 0) is 13.3 Å². The summed E-state index contributed by atoms with van der Waals surface area (Å²) in [6.45, 7) is 11.8. The van der Waals surface area contributed by atoms with Crippen molar-refractivity contribution in [2.45, 2.75) is 59.1 Å². The van der Waals surface area contributed by atoms with Gasteiger partial charge in [-0.25, -0.2) is 0 Å². The lowest BCUT2D eigenvalue weighted by molar-refractivity contribution is -0.0234. The Balaban J connectivity index is 4.85. The third kappa shape index (κ3) is 5.80. The Kier molecular flexibility index (Phi) is 8.86. The molecule has 0 saturated heterocycles. The molecule has 0 amide bonds. The molecule has 1 atom stereocenters. The number of hydrogen-bond acceptors (Lipinski definition) is 3. The molecule has 0 radical (unpaired) electrons. The van der Waals surface area contributed by atoms with Crippen LogP contribution in [-0.4, -0.2) is 33.8 Å². The SMILES string of the molecule is CCO[Si](CCP)(OCC)OC(C)(CC)CC. The van der Waals surface area contributed by atoms with E-state index in [4.69, 9.17) is 13.3 Å². The predicted octanol–water partition coefficient (Wildman–Crippen LogP) is 3.47. The maximum absolute atomic E-state index is 6.33. The van der Waals surface area contributed by atoms with E-state index < -0.39 is 8.80 Å². The van der Waals surface area contributed by atoms with Crippen molar-refractivity contribution < 1.29 is 13.3 Å². The van der Waals surface area contributed by atoms with Crippen molar-refractivity contribution in [3.05, 3.63) is 0 Å². The van der Waals surface area contributed by atoms with Gasteiger partial charge in [0, 0.05) is 19.3 Å².